The van der Waals surface area contributed by atoms with Gasteiger partial charge in [0.1, 0.15) is 12.4 Å². The largest absolute Gasteiger partial charge is 0.490 e. The lowest BCUT2D eigenvalue weighted by Gasteiger charge is -2.15. The number of hydrogen-bond donors (Lipinski definition) is 0. The summed E-state index contributed by atoms with van der Waals surface area (Å²) in [5.74, 6) is 2.59. The van der Waals surface area contributed by atoms with Gasteiger partial charge in [-0.25, -0.2) is 4.39 Å². The van der Waals surface area contributed by atoms with E-state index >= 15 is 0 Å². The maximum atomic E-state index is 13.4. The van der Waals surface area contributed by atoms with E-state index in [9.17, 15) is 14.0 Å². The van der Waals surface area contributed by atoms with E-state index in [4.69, 9.17) is 15.9 Å². The van der Waals surface area contributed by atoms with Gasteiger partial charge in [0.05, 0.1) is 21.6 Å². The van der Waals surface area contributed by atoms with Gasteiger partial charge in [-0.05, 0) is 82.7 Å². The quantitative estimate of drug-likeness (QED) is 0.280. The van der Waals surface area contributed by atoms with Crippen LogP contribution in [0.25, 0.3) is 6.08 Å². The topological polar surface area (TPSA) is 55.8 Å². The molecule has 154 valence electrons. The van der Waals surface area contributed by atoms with E-state index < -0.39 is 5.91 Å². The number of rotatable bonds is 7. The Hall–Kier alpha value is -2.51. The Morgan fingerprint density at radius 2 is 2.07 bits per heavy atom. The van der Waals surface area contributed by atoms with Gasteiger partial charge in [0, 0.05) is 0 Å². The number of thioether (sulfide) groups is 1. The standard InChI is InChI=1S/C22H17FINO4S/c1-3-8-25-21(26)19(30-22(25)27)12-15-10-17(24)20(18(11-15)28-4-2)29-13-14-6-5-7-16(23)9-14/h1,5-7,9-12H,4,8,13H2,2H3/b19-12+. The van der Waals surface area contributed by atoms with Crippen LogP contribution in [0.4, 0.5) is 9.18 Å². The fraction of sp³-hybridized carbons (Fsp3) is 0.182. The van der Waals surface area contributed by atoms with Crippen molar-refractivity contribution < 1.29 is 23.5 Å². The molecule has 0 N–H and O–H groups in total. The number of terminal acetylenes is 1. The first kappa shape index (κ1) is 22.2. The Labute approximate surface area is 191 Å². The molecule has 1 heterocycles. The fourth-order valence-electron chi connectivity index (χ4n) is 2.74. The number of benzene rings is 2. The summed E-state index contributed by atoms with van der Waals surface area (Å²) < 4.78 is 25.8. The third-order valence-corrected chi connectivity index (χ3v) is 5.73. The van der Waals surface area contributed by atoms with Crippen molar-refractivity contribution in [3.63, 3.8) is 0 Å². The molecule has 1 fully saturated rings. The lowest BCUT2D eigenvalue weighted by atomic mass is 10.1. The number of imide groups is 1. The summed E-state index contributed by atoms with van der Waals surface area (Å²) in [6.45, 7) is 2.38. The SMILES string of the molecule is C#CCN1C(=O)S/C(=C/c2cc(I)c(OCc3cccc(F)c3)c(OCC)c2)C1=O. The molecular weight excluding hydrogens is 520 g/mol. The number of carbonyl (C=O) groups excluding carboxylic acids is 2. The van der Waals surface area contributed by atoms with Gasteiger partial charge in [-0.3, -0.25) is 14.5 Å². The van der Waals surface area contributed by atoms with E-state index in [1.54, 1.807) is 24.3 Å². The molecule has 0 atom stereocenters. The van der Waals surface area contributed by atoms with E-state index in [-0.39, 0.29) is 24.2 Å². The predicted molar refractivity (Wildman–Crippen MR) is 123 cm³/mol. The Bertz CT molecular complexity index is 1060. The van der Waals surface area contributed by atoms with Gasteiger partial charge >= 0.3 is 0 Å². The second-order valence-corrected chi connectivity index (χ2v) is 8.31. The van der Waals surface area contributed by atoms with Gasteiger partial charge in [0.15, 0.2) is 11.5 Å². The molecule has 0 saturated carbocycles. The van der Waals surface area contributed by atoms with Gasteiger partial charge in [-0.2, -0.15) is 0 Å². The maximum Gasteiger partial charge on any atom is 0.294 e. The summed E-state index contributed by atoms with van der Waals surface area (Å²) in [7, 11) is 0. The van der Waals surface area contributed by atoms with Crippen molar-refractivity contribution in [3.05, 3.63) is 61.8 Å². The normalized spacial score (nSPS) is 14.9. The summed E-state index contributed by atoms with van der Waals surface area (Å²) in [4.78, 5) is 25.7. The average molecular weight is 537 g/mol. The van der Waals surface area contributed by atoms with Gasteiger partial charge in [0.2, 0.25) is 0 Å². The van der Waals surface area contributed by atoms with Gasteiger partial charge in [-0.1, -0.05) is 18.1 Å². The fourth-order valence-corrected chi connectivity index (χ4v) is 4.35. The molecule has 2 aromatic rings. The Morgan fingerprint density at radius 3 is 2.77 bits per heavy atom. The molecule has 2 aromatic carbocycles. The van der Waals surface area contributed by atoms with Crippen LogP contribution in [0.3, 0.4) is 0 Å². The average Bonchev–Trinajstić information content (AvgIpc) is 2.95. The van der Waals surface area contributed by atoms with Crippen LogP contribution in [0.5, 0.6) is 11.5 Å². The van der Waals surface area contributed by atoms with Crippen molar-refractivity contribution in [1.29, 1.82) is 0 Å². The molecule has 1 saturated heterocycles. The van der Waals surface area contributed by atoms with Crippen molar-refractivity contribution in [2.24, 2.45) is 0 Å². The molecule has 3 rings (SSSR count). The minimum absolute atomic E-state index is 0.0589. The summed E-state index contributed by atoms with van der Waals surface area (Å²) in [6.07, 6.45) is 6.85. The highest BCUT2D eigenvalue weighted by atomic mass is 127. The number of ether oxygens (including phenoxy) is 2. The number of nitrogens with zero attached hydrogens (tertiary/aromatic N) is 1. The van der Waals surface area contributed by atoms with Crippen LogP contribution in [-0.2, 0) is 11.4 Å². The third-order valence-electron chi connectivity index (χ3n) is 4.02. The molecule has 2 amide bonds. The van der Waals surface area contributed by atoms with E-state index in [0.29, 0.717) is 34.1 Å². The van der Waals surface area contributed by atoms with Crippen LogP contribution < -0.4 is 9.47 Å². The number of carbonyl (C=O) groups is 2. The number of hydrogen-bond acceptors (Lipinski definition) is 5. The van der Waals surface area contributed by atoms with E-state index in [0.717, 1.165) is 20.2 Å². The highest BCUT2D eigenvalue weighted by Gasteiger charge is 2.34. The minimum atomic E-state index is -0.414. The summed E-state index contributed by atoms with van der Waals surface area (Å²) >= 11 is 2.96. The first-order valence-corrected chi connectivity index (χ1v) is 10.8. The molecule has 0 radical (unpaired) electrons. The summed E-state index contributed by atoms with van der Waals surface area (Å²) in [6, 6.07) is 9.74. The minimum Gasteiger partial charge on any atom is -0.490 e. The van der Waals surface area contributed by atoms with Crippen LogP contribution in [0.1, 0.15) is 18.1 Å². The number of halogens is 2. The molecule has 1 aliphatic rings. The zero-order valence-electron chi connectivity index (χ0n) is 16.0. The molecule has 5 nitrogen and oxygen atoms in total. The second kappa shape index (κ2) is 10.00. The molecule has 8 heteroatoms. The van der Waals surface area contributed by atoms with Crippen molar-refractivity contribution in [2.75, 3.05) is 13.2 Å². The van der Waals surface area contributed by atoms with Crippen LogP contribution >= 0.6 is 34.4 Å². The smallest absolute Gasteiger partial charge is 0.294 e. The van der Waals surface area contributed by atoms with Gasteiger partial charge in [-0.15, -0.1) is 6.42 Å². The summed E-state index contributed by atoms with van der Waals surface area (Å²) in [5, 5.41) is -0.390. The molecule has 0 bridgehead atoms. The molecule has 1 aliphatic heterocycles. The predicted octanol–water partition coefficient (Wildman–Crippen LogP) is 5.08. The Morgan fingerprint density at radius 1 is 1.27 bits per heavy atom. The molecule has 0 spiro atoms. The third kappa shape index (κ3) is 5.15. The molecule has 0 unspecified atom stereocenters. The maximum absolute atomic E-state index is 13.4. The first-order valence-electron chi connectivity index (χ1n) is 8.95. The first-order chi connectivity index (χ1) is 14.4. The highest BCUT2D eigenvalue weighted by molar-refractivity contribution is 14.1. The van der Waals surface area contributed by atoms with E-state index in [1.807, 2.05) is 13.0 Å². The Balaban J connectivity index is 1.87. The van der Waals surface area contributed by atoms with Crippen LogP contribution in [-0.4, -0.2) is 29.2 Å². The van der Waals surface area contributed by atoms with Gasteiger partial charge < -0.3 is 9.47 Å². The lowest BCUT2D eigenvalue weighted by molar-refractivity contribution is -0.122. The Kier molecular flexibility index (Phi) is 7.39. The van der Waals surface area contributed by atoms with Gasteiger partial charge in [0.25, 0.3) is 11.1 Å². The second-order valence-electron chi connectivity index (χ2n) is 6.15. The van der Waals surface area contributed by atoms with Crippen LogP contribution in [0.15, 0.2) is 41.3 Å². The summed E-state index contributed by atoms with van der Waals surface area (Å²) in [5.41, 5.74) is 1.38. The van der Waals surface area contributed by atoms with Crippen LogP contribution in [0.2, 0.25) is 0 Å². The van der Waals surface area contributed by atoms with E-state index in [1.165, 1.54) is 12.1 Å². The molecular formula is C22H17FINO4S. The zero-order valence-corrected chi connectivity index (χ0v) is 19.0. The lowest BCUT2D eigenvalue weighted by Crippen LogP contribution is -2.28. The van der Waals surface area contributed by atoms with Crippen molar-refractivity contribution in [3.8, 4) is 23.8 Å². The number of amides is 2. The zero-order chi connectivity index (χ0) is 21.7. The van der Waals surface area contributed by atoms with Crippen molar-refractivity contribution >= 4 is 51.6 Å². The van der Waals surface area contributed by atoms with Crippen molar-refractivity contribution in [2.45, 2.75) is 13.5 Å². The highest BCUT2D eigenvalue weighted by Crippen LogP contribution is 2.37. The molecule has 30 heavy (non-hydrogen) atoms. The molecule has 0 aromatic heterocycles. The monoisotopic (exact) mass is 537 g/mol. The van der Waals surface area contributed by atoms with Crippen LogP contribution in [0, 0.1) is 21.7 Å². The molecule has 0 aliphatic carbocycles. The van der Waals surface area contributed by atoms with E-state index in [2.05, 4.69) is 28.5 Å². The van der Waals surface area contributed by atoms with Crippen molar-refractivity contribution in [1.82, 2.24) is 4.90 Å².